The molecule has 0 fully saturated rings. The van der Waals surface area contributed by atoms with Crippen molar-refractivity contribution in [2.45, 2.75) is 38.9 Å². The molecule has 1 atom stereocenters. The summed E-state index contributed by atoms with van der Waals surface area (Å²) in [6.07, 6.45) is -4.00. The largest absolute Gasteiger partial charge is 0.490 e. The maximum absolute atomic E-state index is 14.8. The lowest BCUT2D eigenvalue weighted by Gasteiger charge is -2.20. The van der Waals surface area contributed by atoms with Crippen LogP contribution in [-0.2, 0) is 17.5 Å². The van der Waals surface area contributed by atoms with Crippen LogP contribution in [0, 0.1) is 17.6 Å². The van der Waals surface area contributed by atoms with Crippen LogP contribution in [0.4, 0.5) is 22.0 Å². The number of rotatable bonds is 9. The van der Waals surface area contributed by atoms with Gasteiger partial charge in [-0.25, -0.2) is 19.5 Å². The van der Waals surface area contributed by atoms with Gasteiger partial charge in [0.2, 0.25) is 17.6 Å². The summed E-state index contributed by atoms with van der Waals surface area (Å²) in [5.74, 6) is -4.68. The van der Waals surface area contributed by atoms with Crippen LogP contribution in [0.3, 0.4) is 0 Å². The summed E-state index contributed by atoms with van der Waals surface area (Å²) >= 11 is 0. The molecule has 0 saturated heterocycles. The number of hydrogen-bond acceptors (Lipinski definition) is 8. The molecule has 0 saturated carbocycles. The number of hydrogen-bond donors (Lipinski definition) is 1. The number of carbonyl (C=O) groups is 1. The van der Waals surface area contributed by atoms with Crippen molar-refractivity contribution in [2.24, 2.45) is 11.0 Å². The number of unbranched alkanes of at least 4 members (excludes halogenated alkanes) is 1. The molecule has 1 N–H and O–H groups in total. The van der Waals surface area contributed by atoms with Crippen molar-refractivity contribution in [1.29, 1.82) is 0 Å². The molecule has 43 heavy (non-hydrogen) atoms. The summed E-state index contributed by atoms with van der Waals surface area (Å²) in [6, 6.07) is 8.06. The van der Waals surface area contributed by atoms with Gasteiger partial charge in [0.05, 0.1) is 25.1 Å². The number of aryl methyl sites for hydroxylation is 1. The smallest absolute Gasteiger partial charge is 0.453 e. The number of methoxy groups -OCH3 is 1. The van der Waals surface area contributed by atoms with Crippen LogP contribution in [0.25, 0.3) is 16.9 Å². The molecule has 16 heteroatoms. The monoisotopic (exact) mass is 605 g/mol. The summed E-state index contributed by atoms with van der Waals surface area (Å²) in [7, 11) is 1.28. The third-order valence-corrected chi connectivity index (χ3v) is 6.66. The van der Waals surface area contributed by atoms with E-state index in [0.717, 1.165) is 9.20 Å². The van der Waals surface area contributed by atoms with Crippen LogP contribution in [0.5, 0.6) is 11.6 Å². The number of hydrazone groups is 1. The molecule has 0 bridgehead atoms. The average molecular weight is 606 g/mol. The summed E-state index contributed by atoms with van der Waals surface area (Å²) in [4.78, 5) is 27.5. The van der Waals surface area contributed by atoms with E-state index in [1.165, 1.54) is 43.5 Å². The molecular formula is C27H24F5N7O4. The Morgan fingerprint density at radius 1 is 1.00 bits per heavy atom. The van der Waals surface area contributed by atoms with E-state index < -0.39 is 35.1 Å². The number of benzene rings is 1. The molecule has 5 rings (SSSR count). The van der Waals surface area contributed by atoms with Crippen molar-refractivity contribution in [2.75, 3.05) is 13.7 Å². The maximum Gasteiger partial charge on any atom is 0.453 e. The average Bonchev–Trinajstić information content (AvgIpc) is 3.43. The normalized spacial score (nSPS) is 15.4. The van der Waals surface area contributed by atoms with E-state index in [9.17, 15) is 31.5 Å². The minimum atomic E-state index is -4.79. The number of halogens is 5. The Morgan fingerprint density at radius 2 is 1.77 bits per heavy atom. The van der Waals surface area contributed by atoms with Crippen LogP contribution in [0.15, 0.2) is 46.3 Å². The number of fused-ring (bicyclic) bond motifs is 1. The molecule has 1 unspecified atom stereocenters. The Kier molecular flexibility index (Phi) is 8.10. The standard InChI is InChI=1S/C27H24F5N7O4/c1-14-13-19(40)34-35-24(14)16-5-8-18(23(29)22(16)28)43-12-4-3-11-38-20(41)9-7-17(36-38)15-6-10-21(42-2)39-25(15)33-26(37-39)27(30,31)32/h5-10,14H,3-4,11-13H2,1-2H3,(H,34,40). The number of nitrogens with zero attached hydrogens (tertiary/aromatic N) is 6. The van der Waals surface area contributed by atoms with Gasteiger partial charge in [-0.2, -0.15) is 32.3 Å². The van der Waals surface area contributed by atoms with Crippen molar-refractivity contribution in [3.8, 4) is 22.9 Å². The fourth-order valence-electron chi connectivity index (χ4n) is 4.53. The Hall–Kier alpha value is -4.89. The molecule has 0 aliphatic carbocycles. The zero-order chi connectivity index (χ0) is 30.9. The van der Waals surface area contributed by atoms with Crippen LogP contribution in [0.1, 0.15) is 37.6 Å². The Labute approximate surface area is 239 Å². The molecule has 3 aromatic heterocycles. The molecule has 226 valence electrons. The lowest BCUT2D eigenvalue weighted by Crippen LogP contribution is -2.32. The van der Waals surface area contributed by atoms with E-state index in [0.29, 0.717) is 12.8 Å². The van der Waals surface area contributed by atoms with Gasteiger partial charge in [0.25, 0.3) is 11.4 Å². The molecule has 1 amide bonds. The van der Waals surface area contributed by atoms with Crippen LogP contribution < -0.4 is 20.5 Å². The van der Waals surface area contributed by atoms with Gasteiger partial charge in [-0.05, 0) is 37.1 Å². The van der Waals surface area contributed by atoms with E-state index in [2.05, 4.69) is 25.7 Å². The number of alkyl halides is 3. The predicted octanol–water partition coefficient (Wildman–Crippen LogP) is 3.98. The van der Waals surface area contributed by atoms with Crippen molar-refractivity contribution in [3.63, 3.8) is 0 Å². The molecule has 11 nitrogen and oxygen atoms in total. The van der Waals surface area contributed by atoms with Gasteiger partial charge in [0, 0.05) is 42.1 Å². The highest BCUT2D eigenvalue weighted by atomic mass is 19.4. The van der Waals surface area contributed by atoms with Gasteiger partial charge in [-0.1, -0.05) is 6.92 Å². The summed E-state index contributed by atoms with van der Waals surface area (Å²) < 4.78 is 81.8. The van der Waals surface area contributed by atoms with Gasteiger partial charge in [-0.3, -0.25) is 9.59 Å². The van der Waals surface area contributed by atoms with Crippen LogP contribution in [0.2, 0.25) is 0 Å². The molecule has 1 aromatic carbocycles. The first-order valence-electron chi connectivity index (χ1n) is 13.0. The molecule has 1 aliphatic heterocycles. The molecule has 1 aliphatic rings. The predicted molar refractivity (Wildman–Crippen MR) is 142 cm³/mol. The number of nitrogens with one attached hydrogen (secondary N) is 1. The zero-order valence-corrected chi connectivity index (χ0v) is 22.8. The van der Waals surface area contributed by atoms with Gasteiger partial charge in [0.1, 0.15) is 0 Å². The van der Waals surface area contributed by atoms with E-state index in [1.807, 2.05) is 0 Å². The van der Waals surface area contributed by atoms with Crippen LogP contribution in [-0.4, -0.2) is 49.7 Å². The molecule has 0 spiro atoms. The topological polar surface area (TPSA) is 125 Å². The highest BCUT2D eigenvalue weighted by molar-refractivity contribution is 6.06. The highest BCUT2D eigenvalue weighted by Gasteiger charge is 2.37. The molecular weight excluding hydrogens is 581 g/mol. The van der Waals surface area contributed by atoms with Gasteiger partial charge >= 0.3 is 6.18 Å². The Bertz CT molecular complexity index is 1780. The Morgan fingerprint density at radius 3 is 2.49 bits per heavy atom. The zero-order valence-electron chi connectivity index (χ0n) is 22.8. The van der Waals surface area contributed by atoms with Gasteiger partial charge in [0.15, 0.2) is 17.2 Å². The maximum atomic E-state index is 14.8. The third-order valence-electron chi connectivity index (χ3n) is 6.66. The third kappa shape index (κ3) is 6.03. The van der Waals surface area contributed by atoms with Crippen molar-refractivity contribution >= 4 is 17.3 Å². The molecule has 0 radical (unpaired) electrons. The van der Waals surface area contributed by atoms with E-state index in [1.54, 1.807) is 6.92 Å². The summed E-state index contributed by atoms with van der Waals surface area (Å²) in [5.41, 5.74) is 2.18. The first-order valence-corrected chi connectivity index (χ1v) is 13.0. The Balaban J connectivity index is 1.25. The number of ether oxygens (including phenoxy) is 2. The number of carbonyl (C=O) groups excluding carboxylic acids is 1. The summed E-state index contributed by atoms with van der Waals surface area (Å²) in [6.45, 7) is 1.80. The molecule has 4 heterocycles. The number of aromatic nitrogens is 5. The van der Waals surface area contributed by atoms with Crippen molar-refractivity contribution in [1.82, 2.24) is 29.8 Å². The first kappa shape index (κ1) is 29.6. The highest BCUT2D eigenvalue weighted by Crippen LogP contribution is 2.31. The second-order valence-corrected chi connectivity index (χ2v) is 9.67. The van der Waals surface area contributed by atoms with E-state index in [-0.39, 0.29) is 65.3 Å². The lowest BCUT2D eigenvalue weighted by molar-refractivity contribution is -0.144. The van der Waals surface area contributed by atoms with Crippen LogP contribution >= 0.6 is 0 Å². The minimum Gasteiger partial charge on any atom is -0.490 e. The van der Waals surface area contributed by atoms with Crippen molar-refractivity contribution in [3.05, 3.63) is 69.8 Å². The van der Waals surface area contributed by atoms with E-state index in [4.69, 9.17) is 9.47 Å². The molecule has 4 aromatic rings. The quantitative estimate of drug-likeness (QED) is 0.226. The van der Waals surface area contributed by atoms with Crippen molar-refractivity contribution < 1.29 is 36.2 Å². The summed E-state index contributed by atoms with van der Waals surface area (Å²) in [5, 5.41) is 11.6. The number of pyridine rings is 1. The van der Waals surface area contributed by atoms with E-state index >= 15 is 0 Å². The fourth-order valence-corrected chi connectivity index (χ4v) is 4.53. The fraction of sp³-hybridized carbons (Fsp3) is 0.333. The lowest BCUT2D eigenvalue weighted by atomic mass is 9.93. The second-order valence-electron chi connectivity index (χ2n) is 9.67. The van der Waals surface area contributed by atoms with Gasteiger partial charge < -0.3 is 9.47 Å². The second kappa shape index (κ2) is 11.8. The first-order chi connectivity index (χ1) is 20.5. The number of amides is 1. The SMILES string of the molecule is COc1ccc(-c2ccc(=O)n(CCCCOc3ccc(C4=NNC(=O)CC4C)c(F)c3F)n2)c2nc(C(F)(F)F)nn12. The minimum absolute atomic E-state index is 0.00335. The van der Waals surface area contributed by atoms with Gasteiger partial charge in [-0.15, -0.1) is 5.10 Å².